The molecule has 0 spiro atoms. The number of ether oxygens (including phenoxy) is 1. The van der Waals surface area contributed by atoms with Crippen LogP contribution in [-0.2, 0) is 26.3 Å². The van der Waals surface area contributed by atoms with Crippen molar-refractivity contribution in [2.45, 2.75) is 75.6 Å². The highest BCUT2D eigenvalue weighted by Crippen LogP contribution is 2.58. The molecule has 0 unspecified atom stereocenters. The molecule has 1 N–H and O–H groups in total. The van der Waals surface area contributed by atoms with E-state index in [1.54, 1.807) is 0 Å². The zero-order valence-electron chi connectivity index (χ0n) is 20.5. The summed E-state index contributed by atoms with van der Waals surface area (Å²) in [7, 11) is 0. The SMILES string of the molecule is N#C[C@@H]1C[C@H](F)CN1C(=O)CNC(=O)OCc1ccc(C23CCC(C(=O)N4CCC4)(CC2)CC3)cc1. The summed E-state index contributed by atoms with van der Waals surface area (Å²) in [6.45, 7) is 1.44. The van der Waals surface area contributed by atoms with Gasteiger partial charge in [-0.25, -0.2) is 9.18 Å². The van der Waals surface area contributed by atoms with E-state index in [-0.39, 0.29) is 36.9 Å². The fourth-order valence-corrected chi connectivity index (χ4v) is 6.38. The molecule has 0 aromatic heterocycles. The molecule has 6 rings (SSSR count). The van der Waals surface area contributed by atoms with Crippen LogP contribution in [0.25, 0.3) is 0 Å². The van der Waals surface area contributed by atoms with Gasteiger partial charge < -0.3 is 19.9 Å². The zero-order valence-corrected chi connectivity index (χ0v) is 20.5. The topological polar surface area (TPSA) is 103 Å². The summed E-state index contributed by atoms with van der Waals surface area (Å²) in [6, 6.07) is 9.27. The van der Waals surface area contributed by atoms with Gasteiger partial charge in [-0.3, -0.25) is 9.59 Å². The minimum atomic E-state index is -1.22. The van der Waals surface area contributed by atoms with Crippen LogP contribution < -0.4 is 5.32 Å². The fraction of sp³-hybridized carbons (Fsp3) is 0.630. The quantitative estimate of drug-likeness (QED) is 0.652. The normalized spacial score (nSPS) is 30.9. The molecule has 3 saturated carbocycles. The molecule has 8 nitrogen and oxygen atoms in total. The maximum absolute atomic E-state index is 13.5. The predicted molar refractivity (Wildman–Crippen MR) is 128 cm³/mol. The number of fused-ring (bicyclic) bond motifs is 3. The minimum Gasteiger partial charge on any atom is -0.445 e. The lowest BCUT2D eigenvalue weighted by molar-refractivity contribution is -0.153. The number of hydrogen-bond acceptors (Lipinski definition) is 5. The van der Waals surface area contributed by atoms with Crippen molar-refractivity contribution in [3.63, 3.8) is 0 Å². The monoisotopic (exact) mass is 496 g/mol. The Bertz CT molecular complexity index is 1040. The molecule has 0 radical (unpaired) electrons. The first-order valence-electron chi connectivity index (χ1n) is 13.0. The van der Waals surface area contributed by atoms with Crippen LogP contribution in [0.15, 0.2) is 24.3 Å². The van der Waals surface area contributed by atoms with E-state index in [1.165, 1.54) is 5.56 Å². The second-order valence-electron chi connectivity index (χ2n) is 10.9. The molecule has 2 heterocycles. The molecule has 3 aliphatic carbocycles. The fourth-order valence-electron chi connectivity index (χ4n) is 6.38. The second-order valence-corrected chi connectivity index (χ2v) is 10.9. The first-order chi connectivity index (χ1) is 17.3. The highest BCUT2D eigenvalue weighted by molar-refractivity contribution is 5.84. The molecule has 2 atom stereocenters. The number of nitrogens with one attached hydrogen (secondary N) is 1. The van der Waals surface area contributed by atoms with Crippen LogP contribution in [0.1, 0.15) is 62.5 Å². The van der Waals surface area contributed by atoms with Crippen LogP contribution in [0.5, 0.6) is 0 Å². The van der Waals surface area contributed by atoms with E-state index in [9.17, 15) is 18.8 Å². The molecule has 2 aliphatic heterocycles. The molecule has 3 amide bonds. The molecule has 5 fully saturated rings. The number of nitriles is 1. The minimum absolute atomic E-state index is 0.00156. The standard InChI is InChI=1S/C27H33FN4O4/c28-21-14-22(15-29)32(17-21)23(33)16-30-25(35)36-18-19-2-4-20(5-3-19)26-6-9-27(10-7-26,11-8-26)24(34)31-12-1-13-31/h2-5,21-22H,1,6-14,16-18H2,(H,30,35)/t21-,22-,26?,27?/m0/s1. The number of alkyl carbamates (subject to hydrolysis) is 1. The van der Waals surface area contributed by atoms with Crippen LogP contribution in [0.4, 0.5) is 9.18 Å². The molecule has 2 saturated heterocycles. The van der Waals surface area contributed by atoms with Gasteiger partial charge in [-0.2, -0.15) is 5.26 Å². The molecule has 1 aromatic rings. The van der Waals surface area contributed by atoms with Crippen molar-refractivity contribution in [2.75, 3.05) is 26.2 Å². The molecule has 36 heavy (non-hydrogen) atoms. The van der Waals surface area contributed by atoms with E-state index >= 15 is 0 Å². The highest BCUT2D eigenvalue weighted by atomic mass is 19.1. The third kappa shape index (κ3) is 4.54. The maximum atomic E-state index is 13.5. The molecule has 192 valence electrons. The van der Waals surface area contributed by atoms with Crippen molar-refractivity contribution in [1.29, 1.82) is 5.26 Å². The van der Waals surface area contributed by atoms with Gasteiger partial charge in [0.05, 0.1) is 12.6 Å². The number of benzene rings is 1. The number of halogens is 1. The van der Waals surface area contributed by atoms with E-state index in [0.29, 0.717) is 5.91 Å². The lowest BCUT2D eigenvalue weighted by Gasteiger charge is -2.54. The Kier molecular flexibility index (Phi) is 6.62. The number of amides is 3. The molecule has 1 aromatic carbocycles. The van der Waals surface area contributed by atoms with Crippen molar-refractivity contribution < 1.29 is 23.5 Å². The summed E-state index contributed by atoms with van der Waals surface area (Å²) in [4.78, 5) is 40.5. The highest BCUT2D eigenvalue weighted by Gasteiger charge is 2.54. The Hall–Kier alpha value is -3.15. The molecular weight excluding hydrogens is 463 g/mol. The van der Waals surface area contributed by atoms with Gasteiger partial charge in [-0.05, 0) is 61.5 Å². The van der Waals surface area contributed by atoms with E-state index in [0.717, 1.165) is 68.5 Å². The van der Waals surface area contributed by atoms with E-state index in [2.05, 4.69) is 17.4 Å². The Balaban J connectivity index is 1.09. The lowest BCUT2D eigenvalue weighted by Crippen LogP contribution is -2.55. The second kappa shape index (κ2) is 9.72. The Morgan fingerprint density at radius 2 is 1.75 bits per heavy atom. The van der Waals surface area contributed by atoms with Gasteiger partial charge in [0, 0.05) is 24.9 Å². The van der Waals surface area contributed by atoms with Crippen molar-refractivity contribution >= 4 is 17.9 Å². The Labute approximate surface area is 210 Å². The summed E-state index contributed by atoms with van der Waals surface area (Å²) in [5.74, 6) is -0.121. The average Bonchev–Trinajstić information content (AvgIpc) is 3.27. The average molecular weight is 497 g/mol. The van der Waals surface area contributed by atoms with Crippen LogP contribution in [-0.4, -0.2) is 66.1 Å². The number of alkyl halides is 1. The summed E-state index contributed by atoms with van der Waals surface area (Å²) >= 11 is 0. The molecular formula is C27H33FN4O4. The predicted octanol–water partition coefficient (Wildman–Crippen LogP) is 3.20. The number of carbonyl (C=O) groups excluding carboxylic acids is 3. The Morgan fingerprint density at radius 1 is 1.08 bits per heavy atom. The summed E-state index contributed by atoms with van der Waals surface area (Å²) in [5, 5.41) is 11.4. The van der Waals surface area contributed by atoms with E-state index in [4.69, 9.17) is 10.00 Å². The van der Waals surface area contributed by atoms with Gasteiger partial charge in [-0.15, -0.1) is 0 Å². The summed E-state index contributed by atoms with van der Waals surface area (Å²) in [5.41, 5.74) is 2.12. The first-order valence-corrected chi connectivity index (χ1v) is 13.0. The van der Waals surface area contributed by atoms with Crippen molar-refractivity contribution in [3.8, 4) is 6.07 Å². The van der Waals surface area contributed by atoms with Gasteiger partial charge in [0.15, 0.2) is 0 Å². The maximum Gasteiger partial charge on any atom is 0.407 e. The smallest absolute Gasteiger partial charge is 0.407 e. The molecule has 5 aliphatic rings. The number of rotatable bonds is 6. The first kappa shape index (κ1) is 24.5. The van der Waals surface area contributed by atoms with Crippen molar-refractivity contribution in [2.24, 2.45) is 5.41 Å². The van der Waals surface area contributed by atoms with Gasteiger partial charge in [0.25, 0.3) is 0 Å². The third-order valence-corrected chi connectivity index (χ3v) is 8.88. The van der Waals surface area contributed by atoms with Gasteiger partial charge in [0.2, 0.25) is 11.8 Å². The van der Waals surface area contributed by atoms with Crippen LogP contribution in [0.2, 0.25) is 0 Å². The number of nitrogens with zero attached hydrogens (tertiary/aromatic N) is 3. The van der Waals surface area contributed by atoms with Crippen molar-refractivity contribution in [3.05, 3.63) is 35.4 Å². The summed E-state index contributed by atoms with van der Waals surface area (Å²) in [6.07, 6.45) is 5.16. The molecule has 9 heteroatoms. The Morgan fingerprint density at radius 3 is 2.33 bits per heavy atom. The van der Waals surface area contributed by atoms with Crippen LogP contribution in [0, 0.1) is 16.7 Å². The third-order valence-electron chi connectivity index (χ3n) is 8.88. The van der Waals surface area contributed by atoms with E-state index in [1.807, 2.05) is 23.1 Å². The van der Waals surface area contributed by atoms with Gasteiger partial charge >= 0.3 is 6.09 Å². The lowest BCUT2D eigenvalue weighted by atomic mass is 9.51. The van der Waals surface area contributed by atoms with Crippen molar-refractivity contribution in [1.82, 2.24) is 15.1 Å². The van der Waals surface area contributed by atoms with Crippen LogP contribution >= 0.6 is 0 Å². The molecule has 2 bridgehead atoms. The largest absolute Gasteiger partial charge is 0.445 e. The zero-order chi connectivity index (χ0) is 25.3. The van der Waals surface area contributed by atoms with E-state index < -0.39 is 24.2 Å². The van der Waals surface area contributed by atoms with Crippen LogP contribution in [0.3, 0.4) is 0 Å². The summed E-state index contributed by atoms with van der Waals surface area (Å²) < 4.78 is 18.7. The van der Waals surface area contributed by atoms with Gasteiger partial charge in [0.1, 0.15) is 25.4 Å². The number of carbonyl (C=O) groups is 3. The number of likely N-dealkylation sites (tertiary alicyclic amines) is 2. The number of hydrogen-bond donors (Lipinski definition) is 1. The van der Waals surface area contributed by atoms with Gasteiger partial charge in [-0.1, -0.05) is 24.3 Å².